The molecule has 11 heavy (non-hydrogen) atoms. The highest BCUT2D eigenvalue weighted by atomic mass is 79.9. The zero-order chi connectivity index (χ0) is 8.43. The van der Waals surface area contributed by atoms with Crippen LogP contribution in [0.4, 0.5) is 0 Å². The molecule has 2 N–H and O–H groups in total. The number of halogens is 1. The van der Waals surface area contributed by atoms with Crippen LogP contribution in [-0.4, -0.2) is 38.0 Å². The lowest BCUT2D eigenvalue weighted by atomic mass is 10.1. The average Bonchev–Trinajstić information content (AvgIpc) is 1.97. The van der Waals surface area contributed by atoms with Gasteiger partial charge in [0.15, 0.2) is 0 Å². The van der Waals surface area contributed by atoms with E-state index in [1.54, 1.807) is 0 Å². The first-order valence-corrected chi connectivity index (χ1v) is 6.20. The highest BCUT2D eigenvalue weighted by Gasteiger charge is 2.30. The van der Waals surface area contributed by atoms with Crippen LogP contribution in [0.1, 0.15) is 6.42 Å². The molecule has 1 aliphatic heterocycles. The number of alkyl halides is 1. The quantitative estimate of drug-likeness (QED) is 0.356. The normalized spacial score (nSPS) is 38.4. The molecule has 1 aliphatic rings. The first-order chi connectivity index (χ1) is 5.15. The largest absolute Gasteiger partial charge is 0.365 e. The van der Waals surface area contributed by atoms with Gasteiger partial charge in [0.25, 0.3) is 16.3 Å². The predicted octanol–water partition coefficient (Wildman–Crippen LogP) is -1.02. The molecule has 4 atom stereocenters. The van der Waals surface area contributed by atoms with E-state index in [1.165, 1.54) is 0 Å². The van der Waals surface area contributed by atoms with Gasteiger partial charge in [0.1, 0.15) is 0 Å². The minimum absolute atomic E-state index is 0.0225. The number of hydrogen-bond acceptors (Lipinski definition) is 2. The number of carbonyl (C=O) groups excluding carboxylic acids is 1. The third kappa shape index (κ3) is 2.40. The van der Waals surface area contributed by atoms with Crippen molar-refractivity contribution in [2.75, 3.05) is 0 Å². The summed E-state index contributed by atoms with van der Waals surface area (Å²) in [5, 5.41) is 6.04. The number of carbonyl (C=O) groups is 1. The smallest absolute Gasteiger partial charge is 0.250 e. The van der Waals surface area contributed by atoms with E-state index in [9.17, 15) is 4.79 Å². The lowest BCUT2D eigenvalue weighted by Gasteiger charge is -2.32. The maximum atomic E-state index is 11.1. The highest BCUT2D eigenvalue weighted by molar-refractivity contribution is 9.10. The summed E-state index contributed by atoms with van der Waals surface area (Å²) >= 11 is 4.31. The van der Waals surface area contributed by atoms with Crippen molar-refractivity contribution >= 4 is 47.5 Å². The first kappa shape index (κ1) is 9.96. The zero-order valence-electron chi connectivity index (χ0n) is 6.30. The molecule has 1 saturated heterocycles. The van der Waals surface area contributed by atoms with Gasteiger partial charge in [-0.25, -0.2) is 0 Å². The molecule has 62 valence electrons. The number of rotatable bonds is 1. The van der Waals surface area contributed by atoms with Gasteiger partial charge in [-0.05, 0) is 11.3 Å². The predicted molar refractivity (Wildman–Crippen MR) is 54.4 cm³/mol. The number of hydrogen-bond donors (Lipinski definition) is 2. The third-order valence-corrected chi connectivity index (χ3v) is 4.24. The van der Waals surface area contributed by atoms with Crippen molar-refractivity contribution in [1.82, 2.24) is 10.4 Å². The molecule has 4 unspecified atom stereocenters. The summed E-state index contributed by atoms with van der Waals surface area (Å²) in [6, 6.07) is 0.411. The van der Waals surface area contributed by atoms with E-state index >= 15 is 0 Å². The van der Waals surface area contributed by atoms with E-state index in [0.717, 1.165) is 22.7 Å². The lowest BCUT2D eigenvalue weighted by molar-refractivity contribution is -0.122. The van der Waals surface area contributed by atoms with Gasteiger partial charge in [0.2, 0.25) is 5.91 Å². The molecule has 3 nitrogen and oxygen atoms in total. The van der Waals surface area contributed by atoms with Crippen molar-refractivity contribution in [2.24, 2.45) is 0 Å². The van der Waals surface area contributed by atoms with Crippen molar-refractivity contribution < 1.29 is 4.79 Å². The summed E-state index contributed by atoms with van der Waals surface area (Å²) in [6.07, 6.45) is 0.878. The van der Waals surface area contributed by atoms with E-state index < -0.39 is 0 Å². The van der Waals surface area contributed by atoms with Crippen molar-refractivity contribution in [3.05, 3.63) is 0 Å². The summed E-state index contributed by atoms with van der Waals surface area (Å²) < 4.78 is 0. The van der Waals surface area contributed by atoms with Crippen LogP contribution in [0, 0.1) is 0 Å². The van der Waals surface area contributed by atoms with Gasteiger partial charge < -0.3 is 5.32 Å². The fourth-order valence-electron chi connectivity index (χ4n) is 1.16. The molecule has 0 aromatic carbocycles. The zero-order valence-corrected chi connectivity index (χ0v) is 11.0. The second-order valence-electron chi connectivity index (χ2n) is 2.77. The fraction of sp³-hybridized carbons (Fsp3) is 0.800. The molecule has 0 saturated carbocycles. The van der Waals surface area contributed by atoms with Crippen LogP contribution < -0.4 is 10.4 Å². The Morgan fingerprint density at radius 1 is 1.82 bits per heavy atom. The summed E-state index contributed by atoms with van der Waals surface area (Å²) in [5.74, 6) is 0.126. The molecule has 0 spiro atoms. The summed E-state index contributed by atoms with van der Waals surface area (Å²) in [4.78, 5) is 11.4. The van der Waals surface area contributed by atoms with Crippen molar-refractivity contribution in [2.45, 2.75) is 22.2 Å². The maximum Gasteiger partial charge on any atom is 0.250 e. The SMILES string of the molecule is O=C1N[CH]([AlH2])C(NP)CC1Br. The van der Waals surface area contributed by atoms with Crippen molar-refractivity contribution in [1.29, 1.82) is 0 Å². The molecule has 0 radical (unpaired) electrons. The van der Waals surface area contributed by atoms with Gasteiger partial charge in [-0.2, -0.15) is 0 Å². The Morgan fingerprint density at radius 2 is 2.45 bits per heavy atom. The van der Waals surface area contributed by atoms with Crippen LogP contribution in [0.2, 0.25) is 0 Å². The second kappa shape index (κ2) is 4.21. The van der Waals surface area contributed by atoms with Crippen LogP contribution in [0.15, 0.2) is 0 Å². The van der Waals surface area contributed by atoms with Crippen molar-refractivity contribution in [3.8, 4) is 0 Å². The van der Waals surface area contributed by atoms with Gasteiger partial charge in [-0.15, -0.1) is 0 Å². The first-order valence-electron chi connectivity index (χ1n) is 3.55. The van der Waals surface area contributed by atoms with Crippen LogP contribution >= 0.6 is 25.3 Å². The Balaban J connectivity index is 2.54. The molecule has 1 fully saturated rings. The van der Waals surface area contributed by atoms with Gasteiger partial charge in [-0.1, -0.05) is 25.3 Å². The number of piperidine rings is 1. The van der Waals surface area contributed by atoms with E-state index in [2.05, 4.69) is 35.7 Å². The molecule has 6 heteroatoms. The lowest BCUT2D eigenvalue weighted by Crippen LogP contribution is -2.56. The topological polar surface area (TPSA) is 41.1 Å². The molecular weight excluding hydrogens is 242 g/mol. The summed E-state index contributed by atoms with van der Waals surface area (Å²) in [7, 11) is 2.50. The Labute approximate surface area is 84.9 Å². The van der Waals surface area contributed by atoms with Gasteiger partial charge in [0, 0.05) is 6.04 Å². The third-order valence-electron chi connectivity index (χ3n) is 1.93. The Bertz CT molecular complexity index is 171. The van der Waals surface area contributed by atoms with E-state index in [0.29, 0.717) is 10.9 Å². The molecule has 0 aliphatic carbocycles. The molecule has 0 aromatic heterocycles. The van der Waals surface area contributed by atoms with Crippen molar-refractivity contribution in [3.63, 3.8) is 0 Å². The molecule has 0 bridgehead atoms. The minimum Gasteiger partial charge on any atom is -0.365 e. The molecule has 1 rings (SSSR count). The van der Waals surface area contributed by atoms with E-state index in [4.69, 9.17) is 0 Å². The van der Waals surface area contributed by atoms with Crippen LogP contribution in [0.3, 0.4) is 0 Å². The average molecular weight is 253 g/mol. The summed E-state index contributed by atoms with van der Waals surface area (Å²) in [6.45, 7) is 0. The van der Waals surface area contributed by atoms with Crippen LogP contribution in [0.5, 0.6) is 0 Å². The standard InChI is InChI=1S/C5H9BrN2OP.Al.2H/c6-4-1-3(8-10)2-7-5(4)9;;;/h2-4,8H,1,10H2,(H,7,9);;;. The second-order valence-corrected chi connectivity index (χ2v) is 5.46. The Kier molecular flexibility index (Phi) is 3.81. The van der Waals surface area contributed by atoms with Gasteiger partial charge in [0.05, 0.1) is 4.83 Å². The van der Waals surface area contributed by atoms with Gasteiger partial charge >= 0.3 is 0 Å². The molecule has 1 heterocycles. The molecule has 1 amide bonds. The van der Waals surface area contributed by atoms with Crippen LogP contribution in [-0.2, 0) is 4.79 Å². The minimum atomic E-state index is -0.0225. The monoisotopic (exact) mass is 252 g/mol. The van der Waals surface area contributed by atoms with E-state index in [1.807, 2.05) is 0 Å². The molecular formula is C5H11AlBrN2OP. The Morgan fingerprint density at radius 3 is 3.00 bits per heavy atom. The van der Waals surface area contributed by atoms with Crippen LogP contribution in [0.25, 0.3) is 0 Å². The van der Waals surface area contributed by atoms with E-state index in [-0.39, 0.29) is 10.7 Å². The number of amides is 1. The maximum absolute atomic E-state index is 11.1. The molecule has 0 aromatic rings. The number of nitrogens with one attached hydrogen (secondary N) is 2. The van der Waals surface area contributed by atoms with Gasteiger partial charge in [-0.3, -0.25) is 9.88 Å². The fourth-order valence-corrected chi connectivity index (χ4v) is 3.26. The highest BCUT2D eigenvalue weighted by Crippen LogP contribution is 2.16. The Hall–Kier alpha value is 0.872. The summed E-state index contributed by atoms with van der Waals surface area (Å²) in [5.41, 5.74) is 0.